The Bertz CT molecular complexity index is 471. The molecule has 1 unspecified atom stereocenters. The molecule has 0 saturated carbocycles. The van der Waals surface area contributed by atoms with Crippen molar-refractivity contribution in [3.8, 4) is 0 Å². The Morgan fingerprint density at radius 1 is 1.33 bits per heavy atom. The van der Waals surface area contributed by atoms with Gasteiger partial charge >= 0.3 is 5.97 Å². The van der Waals surface area contributed by atoms with E-state index in [0.717, 1.165) is 12.8 Å². The zero-order chi connectivity index (χ0) is 15.8. The SMILES string of the molecule is CCCc1noc(CCCC(=O)NC(C(=O)O)C(C)C)n1. The molecule has 7 heteroatoms. The Kier molecular flexibility index (Phi) is 6.84. The lowest BCUT2D eigenvalue weighted by Gasteiger charge is -2.17. The molecular weight excluding hydrogens is 274 g/mol. The van der Waals surface area contributed by atoms with Crippen LogP contribution in [0.4, 0.5) is 0 Å². The number of nitrogens with one attached hydrogen (secondary N) is 1. The number of hydrogen-bond acceptors (Lipinski definition) is 5. The van der Waals surface area contributed by atoms with Crippen LogP contribution in [0.3, 0.4) is 0 Å². The van der Waals surface area contributed by atoms with Crippen LogP contribution in [0.5, 0.6) is 0 Å². The molecule has 0 aromatic carbocycles. The molecule has 1 rings (SSSR count). The van der Waals surface area contributed by atoms with E-state index in [1.54, 1.807) is 13.8 Å². The first-order chi connectivity index (χ1) is 9.93. The van der Waals surface area contributed by atoms with Crippen LogP contribution < -0.4 is 5.32 Å². The van der Waals surface area contributed by atoms with Crippen molar-refractivity contribution >= 4 is 11.9 Å². The fraction of sp³-hybridized carbons (Fsp3) is 0.714. The van der Waals surface area contributed by atoms with Crippen LogP contribution in [0.25, 0.3) is 0 Å². The quantitative estimate of drug-likeness (QED) is 0.716. The summed E-state index contributed by atoms with van der Waals surface area (Å²) in [7, 11) is 0. The van der Waals surface area contributed by atoms with E-state index in [1.807, 2.05) is 6.92 Å². The van der Waals surface area contributed by atoms with E-state index in [1.165, 1.54) is 0 Å². The van der Waals surface area contributed by atoms with E-state index >= 15 is 0 Å². The van der Waals surface area contributed by atoms with Gasteiger partial charge in [-0.25, -0.2) is 4.79 Å². The molecule has 1 aromatic heterocycles. The number of aliphatic carboxylic acids is 1. The maximum atomic E-state index is 11.7. The lowest BCUT2D eigenvalue weighted by atomic mass is 10.0. The molecule has 0 aliphatic rings. The summed E-state index contributed by atoms with van der Waals surface area (Å²) in [6.45, 7) is 5.55. The Morgan fingerprint density at radius 3 is 2.62 bits per heavy atom. The minimum atomic E-state index is -1.01. The van der Waals surface area contributed by atoms with Crippen LogP contribution in [-0.2, 0) is 22.4 Å². The van der Waals surface area contributed by atoms with Crippen molar-refractivity contribution in [2.24, 2.45) is 5.92 Å². The molecule has 21 heavy (non-hydrogen) atoms. The molecular formula is C14H23N3O4. The van der Waals surface area contributed by atoms with Gasteiger partial charge in [0.15, 0.2) is 5.82 Å². The van der Waals surface area contributed by atoms with Gasteiger partial charge in [-0.3, -0.25) is 4.79 Å². The van der Waals surface area contributed by atoms with Crippen LogP contribution in [0.1, 0.15) is 51.7 Å². The number of rotatable bonds is 9. The number of aryl methyl sites for hydroxylation is 2. The molecule has 0 aliphatic heterocycles. The number of aromatic nitrogens is 2. The highest BCUT2D eigenvalue weighted by molar-refractivity contribution is 5.83. The largest absolute Gasteiger partial charge is 0.480 e. The normalized spacial score (nSPS) is 12.4. The summed E-state index contributed by atoms with van der Waals surface area (Å²) < 4.78 is 5.07. The fourth-order valence-corrected chi connectivity index (χ4v) is 1.88. The van der Waals surface area contributed by atoms with Crippen molar-refractivity contribution in [3.63, 3.8) is 0 Å². The zero-order valence-corrected chi connectivity index (χ0v) is 12.8. The van der Waals surface area contributed by atoms with E-state index in [-0.39, 0.29) is 18.2 Å². The molecule has 1 amide bonds. The molecule has 7 nitrogen and oxygen atoms in total. The van der Waals surface area contributed by atoms with Crippen molar-refractivity contribution < 1.29 is 19.2 Å². The van der Waals surface area contributed by atoms with E-state index in [2.05, 4.69) is 15.5 Å². The zero-order valence-electron chi connectivity index (χ0n) is 12.8. The molecule has 0 fully saturated rings. The summed E-state index contributed by atoms with van der Waals surface area (Å²) in [5, 5.41) is 15.4. The van der Waals surface area contributed by atoms with E-state index < -0.39 is 12.0 Å². The van der Waals surface area contributed by atoms with E-state index in [9.17, 15) is 9.59 Å². The summed E-state index contributed by atoms with van der Waals surface area (Å²) in [5.41, 5.74) is 0. The second kappa shape index (κ2) is 8.39. The van der Waals surface area contributed by atoms with Crippen molar-refractivity contribution in [2.75, 3.05) is 0 Å². The fourth-order valence-electron chi connectivity index (χ4n) is 1.88. The average Bonchev–Trinajstić information content (AvgIpc) is 2.83. The Labute approximate surface area is 124 Å². The minimum Gasteiger partial charge on any atom is -0.480 e. The highest BCUT2D eigenvalue weighted by Crippen LogP contribution is 2.06. The molecule has 1 atom stereocenters. The van der Waals surface area contributed by atoms with Crippen molar-refractivity contribution in [2.45, 2.75) is 58.9 Å². The third-order valence-electron chi connectivity index (χ3n) is 3.03. The minimum absolute atomic E-state index is 0.154. The summed E-state index contributed by atoms with van der Waals surface area (Å²) in [5.74, 6) is -0.240. The Hall–Kier alpha value is -1.92. The smallest absolute Gasteiger partial charge is 0.326 e. The molecule has 2 N–H and O–H groups in total. The molecule has 1 heterocycles. The van der Waals surface area contributed by atoms with Gasteiger partial charge in [0.25, 0.3) is 0 Å². The van der Waals surface area contributed by atoms with Crippen LogP contribution in [0.15, 0.2) is 4.52 Å². The first-order valence-corrected chi connectivity index (χ1v) is 7.27. The third-order valence-corrected chi connectivity index (χ3v) is 3.03. The monoisotopic (exact) mass is 297 g/mol. The van der Waals surface area contributed by atoms with Gasteiger partial charge < -0.3 is 14.9 Å². The van der Waals surface area contributed by atoms with Crippen molar-refractivity contribution in [3.05, 3.63) is 11.7 Å². The second-order valence-corrected chi connectivity index (χ2v) is 5.34. The topological polar surface area (TPSA) is 105 Å². The maximum Gasteiger partial charge on any atom is 0.326 e. The number of carbonyl (C=O) groups excluding carboxylic acids is 1. The lowest BCUT2D eigenvalue weighted by molar-refractivity contribution is -0.143. The molecule has 0 radical (unpaired) electrons. The summed E-state index contributed by atoms with van der Waals surface area (Å²) in [4.78, 5) is 26.9. The van der Waals surface area contributed by atoms with Gasteiger partial charge in [-0.2, -0.15) is 4.98 Å². The molecule has 0 spiro atoms. The molecule has 118 valence electrons. The first-order valence-electron chi connectivity index (χ1n) is 7.27. The van der Waals surface area contributed by atoms with Gasteiger partial charge in [0.2, 0.25) is 11.8 Å². The second-order valence-electron chi connectivity index (χ2n) is 5.34. The molecule has 0 bridgehead atoms. The predicted molar refractivity (Wildman–Crippen MR) is 75.6 cm³/mol. The van der Waals surface area contributed by atoms with Gasteiger partial charge in [-0.15, -0.1) is 0 Å². The molecule has 1 aromatic rings. The Balaban J connectivity index is 2.34. The number of amides is 1. The highest BCUT2D eigenvalue weighted by atomic mass is 16.5. The maximum absolute atomic E-state index is 11.7. The third kappa shape index (κ3) is 5.93. The lowest BCUT2D eigenvalue weighted by Crippen LogP contribution is -2.44. The van der Waals surface area contributed by atoms with Crippen molar-refractivity contribution in [1.82, 2.24) is 15.5 Å². The van der Waals surface area contributed by atoms with Crippen LogP contribution in [-0.4, -0.2) is 33.2 Å². The van der Waals surface area contributed by atoms with Gasteiger partial charge in [-0.1, -0.05) is 25.9 Å². The van der Waals surface area contributed by atoms with Crippen LogP contribution in [0, 0.1) is 5.92 Å². The van der Waals surface area contributed by atoms with Gasteiger partial charge in [0.05, 0.1) is 0 Å². The highest BCUT2D eigenvalue weighted by Gasteiger charge is 2.23. The average molecular weight is 297 g/mol. The van der Waals surface area contributed by atoms with Crippen LogP contribution >= 0.6 is 0 Å². The van der Waals surface area contributed by atoms with Crippen molar-refractivity contribution in [1.29, 1.82) is 0 Å². The number of nitrogens with zero attached hydrogens (tertiary/aromatic N) is 2. The summed E-state index contributed by atoms with van der Waals surface area (Å²) >= 11 is 0. The number of carboxylic acids is 1. The number of carbonyl (C=O) groups is 2. The van der Waals surface area contributed by atoms with E-state index in [0.29, 0.717) is 24.6 Å². The van der Waals surface area contributed by atoms with E-state index in [4.69, 9.17) is 9.63 Å². The Morgan fingerprint density at radius 2 is 2.05 bits per heavy atom. The van der Waals surface area contributed by atoms with Gasteiger partial charge in [0.1, 0.15) is 6.04 Å². The van der Waals surface area contributed by atoms with Crippen LogP contribution in [0.2, 0.25) is 0 Å². The van der Waals surface area contributed by atoms with Gasteiger partial charge in [0, 0.05) is 19.3 Å². The van der Waals surface area contributed by atoms with Gasteiger partial charge in [-0.05, 0) is 18.8 Å². The predicted octanol–water partition coefficient (Wildman–Crippen LogP) is 1.57. The standard InChI is InChI=1S/C14H23N3O4/c1-4-6-10-15-12(21-17-10)8-5-7-11(18)16-13(9(2)3)14(19)20/h9,13H,4-8H2,1-3H3,(H,16,18)(H,19,20). The summed E-state index contributed by atoms with van der Waals surface area (Å²) in [6.07, 6.45) is 3.03. The number of carboxylic acid groups (broad SMARTS) is 1. The molecule has 0 aliphatic carbocycles. The first kappa shape index (κ1) is 17.1. The summed E-state index contributed by atoms with van der Waals surface area (Å²) in [6, 6.07) is -0.850. The molecule has 0 saturated heterocycles. The number of hydrogen-bond donors (Lipinski definition) is 2.